The zero-order valence-electron chi connectivity index (χ0n) is 6.78. The highest BCUT2D eigenvalue weighted by molar-refractivity contribution is 5.41. The number of aliphatic hydroxyl groups is 1. The zero-order valence-corrected chi connectivity index (χ0v) is 6.78. The van der Waals surface area contributed by atoms with E-state index in [2.05, 4.69) is 0 Å². The van der Waals surface area contributed by atoms with Crippen molar-refractivity contribution in [3.63, 3.8) is 0 Å². The molecule has 1 aromatic carbocycles. The maximum Gasteiger partial charge on any atom is 0.418 e. The first kappa shape index (κ1) is 10.6. The fourth-order valence-corrected chi connectivity index (χ4v) is 0.900. The first-order valence-corrected chi connectivity index (χ1v) is 3.59. The van der Waals surface area contributed by atoms with Crippen molar-refractivity contribution in [3.05, 3.63) is 23.8 Å². The molecule has 0 aromatic heterocycles. The molecule has 0 saturated carbocycles. The van der Waals surface area contributed by atoms with Gasteiger partial charge in [0.25, 0.3) is 0 Å². The number of halogens is 3. The van der Waals surface area contributed by atoms with Gasteiger partial charge in [-0.05, 0) is 17.7 Å². The molecule has 6 heteroatoms. The molecule has 78 valence electrons. The summed E-state index contributed by atoms with van der Waals surface area (Å²) in [5.74, 6) is -1.24. The molecule has 0 aliphatic carbocycles. The summed E-state index contributed by atoms with van der Waals surface area (Å²) in [5.41, 5.74) is -0.521. The maximum absolute atomic E-state index is 12.0. The van der Waals surface area contributed by atoms with Crippen molar-refractivity contribution in [1.29, 1.82) is 0 Å². The van der Waals surface area contributed by atoms with Gasteiger partial charge in [-0.15, -0.1) is 0 Å². The number of phenols is 2. The van der Waals surface area contributed by atoms with Crippen molar-refractivity contribution in [2.45, 2.75) is 12.3 Å². The van der Waals surface area contributed by atoms with Crippen LogP contribution in [0.1, 0.15) is 11.7 Å². The number of alkyl halides is 3. The van der Waals surface area contributed by atoms with E-state index in [4.69, 9.17) is 15.3 Å². The molecule has 14 heavy (non-hydrogen) atoms. The number of benzene rings is 1. The minimum Gasteiger partial charge on any atom is -0.504 e. The summed E-state index contributed by atoms with van der Waals surface area (Å²) in [5, 5.41) is 26.5. The zero-order chi connectivity index (χ0) is 10.9. The maximum atomic E-state index is 12.0. The van der Waals surface area contributed by atoms with Crippen molar-refractivity contribution >= 4 is 0 Å². The number of hydrogen-bond acceptors (Lipinski definition) is 3. The van der Waals surface area contributed by atoms with Crippen LogP contribution in [0.25, 0.3) is 0 Å². The Morgan fingerprint density at radius 1 is 1.07 bits per heavy atom. The first-order chi connectivity index (χ1) is 6.32. The SMILES string of the molecule is Oc1ccc(C(O)C(F)(F)F)cc1O. The average molecular weight is 208 g/mol. The molecule has 0 aliphatic heterocycles. The minimum atomic E-state index is -4.79. The predicted molar refractivity (Wildman–Crippen MR) is 40.8 cm³/mol. The number of aliphatic hydroxyl groups excluding tert-OH is 1. The smallest absolute Gasteiger partial charge is 0.418 e. The summed E-state index contributed by atoms with van der Waals surface area (Å²) in [6.45, 7) is 0. The van der Waals surface area contributed by atoms with Gasteiger partial charge in [0, 0.05) is 0 Å². The molecule has 0 spiro atoms. The topological polar surface area (TPSA) is 60.7 Å². The number of rotatable bonds is 1. The molecule has 0 fully saturated rings. The second kappa shape index (κ2) is 3.38. The molecule has 0 heterocycles. The summed E-state index contributed by atoms with van der Waals surface area (Å²) in [6.07, 6.45) is -7.45. The van der Waals surface area contributed by atoms with Crippen LogP contribution in [0.15, 0.2) is 18.2 Å². The Balaban J connectivity index is 3.03. The van der Waals surface area contributed by atoms with Gasteiger partial charge >= 0.3 is 6.18 Å². The molecule has 0 aliphatic rings. The lowest BCUT2D eigenvalue weighted by Gasteiger charge is -2.14. The van der Waals surface area contributed by atoms with Crippen LogP contribution in [0.3, 0.4) is 0 Å². The van der Waals surface area contributed by atoms with Gasteiger partial charge in [-0.3, -0.25) is 0 Å². The van der Waals surface area contributed by atoms with Crippen molar-refractivity contribution in [1.82, 2.24) is 0 Å². The van der Waals surface area contributed by atoms with Crippen molar-refractivity contribution < 1.29 is 28.5 Å². The van der Waals surface area contributed by atoms with Gasteiger partial charge < -0.3 is 15.3 Å². The first-order valence-electron chi connectivity index (χ1n) is 3.59. The second-order valence-corrected chi connectivity index (χ2v) is 2.69. The Bertz CT molecular complexity index is 335. The molecular weight excluding hydrogens is 201 g/mol. The van der Waals surface area contributed by atoms with E-state index in [1.54, 1.807) is 0 Å². The van der Waals surface area contributed by atoms with Gasteiger partial charge in [0.2, 0.25) is 0 Å². The lowest BCUT2D eigenvalue weighted by molar-refractivity contribution is -0.206. The standard InChI is InChI=1S/C8H7F3O3/c9-8(10,11)7(14)4-1-2-5(12)6(13)3-4/h1-3,7,12-14H. The lowest BCUT2D eigenvalue weighted by atomic mass is 10.1. The van der Waals surface area contributed by atoms with E-state index in [0.29, 0.717) is 6.07 Å². The Morgan fingerprint density at radius 3 is 2.07 bits per heavy atom. The van der Waals surface area contributed by atoms with Crippen LogP contribution in [0, 0.1) is 0 Å². The van der Waals surface area contributed by atoms with Crippen LogP contribution in [0.5, 0.6) is 11.5 Å². The Hall–Kier alpha value is -1.43. The summed E-state index contributed by atoms with van der Waals surface area (Å²) in [7, 11) is 0. The molecule has 0 bridgehead atoms. The number of phenolic OH excluding ortho intramolecular Hbond substituents is 2. The van der Waals surface area contributed by atoms with Gasteiger partial charge in [0.05, 0.1) is 0 Å². The third-order valence-corrected chi connectivity index (χ3v) is 1.63. The fourth-order valence-electron chi connectivity index (χ4n) is 0.900. The summed E-state index contributed by atoms with van der Waals surface area (Å²) < 4.78 is 35.9. The highest BCUT2D eigenvalue weighted by Crippen LogP contribution is 2.35. The molecule has 0 radical (unpaired) electrons. The van der Waals surface area contributed by atoms with Gasteiger partial charge in [0.15, 0.2) is 17.6 Å². The summed E-state index contributed by atoms with van der Waals surface area (Å²) in [4.78, 5) is 0. The van der Waals surface area contributed by atoms with E-state index in [-0.39, 0.29) is 0 Å². The second-order valence-electron chi connectivity index (χ2n) is 2.69. The van der Waals surface area contributed by atoms with E-state index in [9.17, 15) is 13.2 Å². The van der Waals surface area contributed by atoms with Crippen LogP contribution in [0.2, 0.25) is 0 Å². The third-order valence-electron chi connectivity index (χ3n) is 1.63. The van der Waals surface area contributed by atoms with E-state index in [1.165, 1.54) is 0 Å². The van der Waals surface area contributed by atoms with E-state index < -0.39 is 29.3 Å². The Kier molecular flexibility index (Phi) is 2.57. The van der Waals surface area contributed by atoms with E-state index in [0.717, 1.165) is 12.1 Å². The van der Waals surface area contributed by atoms with Crippen LogP contribution in [-0.4, -0.2) is 21.5 Å². The molecule has 1 aromatic rings. The van der Waals surface area contributed by atoms with Gasteiger partial charge in [-0.25, -0.2) is 0 Å². The number of hydrogen-bond donors (Lipinski definition) is 3. The molecule has 3 nitrogen and oxygen atoms in total. The highest BCUT2D eigenvalue weighted by atomic mass is 19.4. The quantitative estimate of drug-likeness (QED) is 0.615. The van der Waals surface area contributed by atoms with Gasteiger partial charge in [0.1, 0.15) is 0 Å². The average Bonchev–Trinajstić information content (AvgIpc) is 2.07. The van der Waals surface area contributed by atoms with Crippen LogP contribution in [-0.2, 0) is 0 Å². The fraction of sp³-hybridized carbons (Fsp3) is 0.250. The normalized spacial score (nSPS) is 14.0. The van der Waals surface area contributed by atoms with Crippen LogP contribution < -0.4 is 0 Å². The van der Waals surface area contributed by atoms with Crippen molar-refractivity contribution in [2.24, 2.45) is 0 Å². The monoisotopic (exact) mass is 208 g/mol. The third kappa shape index (κ3) is 2.08. The molecule has 0 amide bonds. The van der Waals surface area contributed by atoms with E-state index >= 15 is 0 Å². The Morgan fingerprint density at radius 2 is 1.64 bits per heavy atom. The van der Waals surface area contributed by atoms with Crippen molar-refractivity contribution in [3.8, 4) is 11.5 Å². The lowest BCUT2D eigenvalue weighted by Crippen LogP contribution is -2.19. The molecule has 1 atom stereocenters. The molecule has 1 unspecified atom stereocenters. The molecule has 3 N–H and O–H groups in total. The Labute approximate surface area is 77.0 Å². The van der Waals surface area contributed by atoms with E-state index in [1.807, 2.05) is 0 Å². The largest absolute Gasteiger partial charge is 0.504 e. The molecular formula is C8H7F3O3. The predicted octanol–water partition coefficient (Wildman–Crippen LogP) is 1.69. The molecule has 1 rings (SSSR count). The van der Waals surface area contributed by atoms with Crippen LogP contribution >= 0.6 is 0 Å². The van der Waals surface area contributed by atoms with Crippen molar-refractivity contribution in [2.75, 3.05) is 0 Å². The summed E-state index contributed by atoms with van der Waals surface area (Å²) in [6, 6.07) is 2.42. The molecule has 0 saturated heterocycles. The number of aromatic hydroxyl groups is 2. The summed E-state index contributed by atoms with van der Waals surface area (Å²) >= 11 is 0. The van der Waals surface area contributed by atoms with Gasteiger partial charge in [-0.2, -0.15) is 13.2 Å². The van der Waals surface area contributed by atoms with Crippen LogP contribution in [0.4, 0.5) is 13.2 Å². The van der Waals surface area contributed by atoms with Gasteiger partial charge in [-0.1, -0.05) is 6.07 Å². The highest BCUT2D eigenvalue weighted by Gasteiger charge is 2.39. The minimum absolute atomic E-state index is 0.521.